The maximum absolute atomic E-state index is 13.4. The van der Waals surface area contributed by atoms with Crippen LogP contribution in [-0.4, -0.2) is 112 Å². The van der Waals surface area contributed by atoms with E-state index in [2.05, 4.69) is 103 Å². The smallest absolute Gasteiger partial charge is 0.341 e. The lowest BCUT2D eigenvalue weighted by molar-refractivity contribution is -0.130. The van der Waals surface area contributed by atoms with Crippen LogP contribution >= 0.6 is 0 Å². The summed E-state index contributed by atoms with van der Waals surface area (Å²) in [5.41, 5.74) is 9.96. The van der Waals surface area contributed by atoms with Crippen LogP contribution in [0.4, 0.5) is 0 Å². The number of aliphatic hydroxyl groups is 4. The Hall–Kier alpha value is -6.14. The molecule has 654 valence electrons. The Labute approximate surface area is 717 Å². The van der Waals surface area contributed by atoms with Gasteiger partial charge in [-0.25, -0.2) is 4.79 Å². The van der Waals surface area contributed by atoms with Crippen LogP contribution in [0.15, 0.2) is 108 Å². The van der Waals surface area contributed by atoms with Gasteiger partial charge in [-0.15, -0.1) is 0 Å². The van der Waals surface area contributed by atoms with Crippen LogP contribution < -0.4 is 0 Å². The van der Waals surface area contributed by atoms with E-state index in [1.165, 1.54) is 112 Å². The maximum Gasteiger partial charge on any atom is 0.341 e. The quantitative estimate of drug-likeness (QED) is 0.0681. The first-order chi connectivity index (χ1) is 57.0. The lowest BCUT2D eigenvalue weighted by Gasteiger charge is -2.54. The number of rotatable bonds is 14. The number of allylic oxidation sites excluding steroid dienone is 5. The molecule has 0 aliphatic heterocycles. The minimum absolute atomic E-state index is 0.0564. The normalized spacial score (nSPS) is 42.7. The lowest BCUT2D eigenvalue weighted by atomic mass is 9.51. The molecule has 28 atom stereocenters. The zero-order valence-corrected chi connectivity index (χ0v) is 75.3. The van der Waals surface area contributed by atoms with Gasteiger partial charge in [0.25, 0.3) is 0 Å². The number of nitrogens with zero attached hydrogens (tertiary/aromatic N) is 8. The second kappa shape index (κ2) is 33.0. The molecule has 16 aliphatic carbocycles. The van der Waals surface area contributed by atoms with Gasteiger partial charge in [0.15, 0.2) is 17.3 Å². The van der Waals surface area contributed by atoms with Crippen molar-refractivity contribution in [2.24, 2.45) is 140 Å². The summed E-state index contributed by atoms with van der Waals surface area (Å²) in [6.45, 7) is 32.5. The number of Topliss-reactive ketones (excluding diaryl/α,β-unsaturated/α-hetero) is 3. The number of hydrogen-bond acceptors (Lipinski definition) is 13. The Bertz CT molecular complexity index is 4470. The van der Waals surface area contributed by atoms with Gasteiger partial charge >= 0.3 is 5.97 Å². The fraction of sp³-hybridized carbons (Fsp3) is 0.748. The summed E-state index contributed by atoms with van der Waals surface area (Å²) in [7, 11) is 0. The van der Waals surface area contributed by atoms with E-state index in [0.29, 0.717) is 95.5 Å². The standard InChI is InChI=1S/C27H38N2O4.C26H38N2O.2C25H36N2O2/c1-4-33-25(31)18-14-28-29(15-18)16-24(30)23-8-7-22-21-6-5-17-13-26(2,32)11-9-19(17)20(21)10-12-27(22,23)3;1-17(16-28-14-11-18(2)27-28)23-7-8-24-22-6-5-19-15-25(3,29)12-9-20(19)21(22)10-13-26(23,24)4;1-16-10-13-26-27(16)15-23(28)22-7-6-21-20-5-4-17-14-24(2,29)11-8-18(17)19(20)9-12-25(21,22)3;1-16-13-26-27(14-16)15-23(28)22-7-6-21-20-5-4-17-12-24(2,29)10-8-18(17)19(20)9-11-25(21,22)3/h5,14-15,19-23,32H,4,6-13,16H2,1-3H3;5,11,14,20-24,29H,1,6-10,12-13,15-16H2,2-4H3;4,10,13,18-22,29H,5-9,11-12,14-15H2,1-3H3;4,13-14,18-22,29H,5-12,15H2,1-3H3/t19-,20+,21+,22-,23+,26+,27-;20-,21+,22+,23+,24-,25+,26+;2*18-,19+,20+,21-,22+,24+,25-/m0000/s1. The average Bonchev–Trinajstić information content (AvgIpc) is 1.51. The van der Waals surface area contributed by atoms with E-state index < -0.39 is 28.4 Å². The molecule has 0 radical (unpaired) electrons. The minimum Gasteiger partial charge on any atom is -0.462 e. The lowest BCUT2D eigenvalue weighted by Crippen LogP contribution is -2.48. The molecule has 4 aromatic heterocycles. The van der Waals surface area contributed by atoms with Crippen LogP contribution in [0.5, 0.6) is 0 Å². The second-order valence-corrected chi connectivity index (χ2v) is 45.0. The third kappa shape index (κ3) is 16.4. The van der Waals surface area contributed by atoms with Gasteiger partial charge in [0, 0.05) is 48.2 Å². The summed E-state index contributed by atoms with van der Waals surface area (Å²) < 4.78 is 12.4. The largest absolute Gasteiger partial charge is 0.462 e. The van der Waals surface area contributed by atoms with Gasteiger partial charge < -0.3 is 25.2 Å². The van der Waals surface area contributed by atoms with Crippen molar-refractivity contribution in [1.82, 2.24) is 39.1 Å². The first-order valence-electron chi connectivity index (χ1n) is 48.1. The van der Waals surface area contributed by atoms with E-state index in [1.807, 2.05) is 69.4 Å². The number of ether oxygens (including phenoxy) is 1. The van der Waals surface area contributed by atoms with Crippen molar-refractivity contribution in [3.63, 3.8) is 0 Å². The van der Waals surface area contributed by atoms with Gasteiger partial charge in [-0.2, -0.15) is 20.4 Å². The van der Waals surface area contributed by atoms with Crippen molar-refractivity contribution in [3.8, 4) is 0 Å². The summed E-state index contributed by atoms with van der Waals surface area (Å²) in [4.78, 5) is 51.9. The van der Waals surface area contributed by atoms with E-state index in [-0.39, 0.29) is 46.3 Å². The third-order valence-corrected chi connectivity index (χ3v) is 37.4. The Balaban J connectivity index is 0.000000114. The molecule has 4 aromatic rings. The van der Waals surface area contributed by atoms with Gasteiger partial charge in [-0.1, -0.05) is 86.4 Å². The molecular weight excluding hydrogens is 1490 g/mol. The molecule has 0 saturated heterocycles. The van der Waals surface area contributed by atoms with Crippen molar-refractivity contribution < 1.29 is 44.3 Å². The number of esters is 1. The molecule has 12 saturated carbocycles. The van der Waals surface area contributed by atoms with E-state index >= 15 is 0 Å². The van der Waals surface area contributed by atoms with Gasteiger partial charge in [0.2, 0.25) is 0 Å². The fourth-order valence-electron chi connectivity index (χ4n) is 31.7. The average molecular weight is 1640 g/mol. The molecule has 0 amide bonds. The zero-order chi connectivity index (χ0) is 84.5. The van der Waals surface area contributed by atoms with Crippen LogP contribution in [0.25, 0.3) is 0 Å². The van der Waals surface area contributed by atoms with Crippen molar-refractivity contribution in [2.75, 3.05) is 6.61 Å². The summed E-state index contributed by atoms with van der Waals surface area (Å²) >= 11 is 0. The highest BCUT2D eigenvalue weighted by Gasteiger charge is 2.63. The molecule has 0 aromatic carbocycles. The Morgan fingerprint density at radius 3 is 1.14 bits per heavy atom. The Kier molecular flexibility index (Phi) is 23.7. The molecule has 17 heteroatoms. The van der Waals surface area contributed by atoms with Crippen LogP contribution in [0.1, 0.15) is 295 Å². The molecule has 0 spiro atoms. The van der Waals surface area contributed by atoms with E-state index in [1.54, 1.807) is 29.6 Å². The molecule has 4 heterocycles. The summed E-state index contributed by atoms with van der Waals surface area (Å²) in [6.07, 6.45) is 56.5. The van der Waals surface area contributed by atoms with Crippen molar-refractivity contribution in [2.45, 2.75) is 337 Å². The summed E-state index contributed by atoms with van der Waals surface area (Å²) in [5, 5.41) is 59.7. The highest BCUT2D eigenvalue weighted by atomic mass is 16.5. The number of ketones is 3. The third-order valence-electron chi connectivity index (χ3n) is 37.4. The van der Waals surface area contributed by atoms with Crippen LogP contribution in [0, 0.1) is 161 Å². The van der Waals surface area contributed by atoms with Crippen molar-refractivity contribution in [1.29, 1.82) is 0 Å². The summed E-state index contributed by atoms with van der Waals surface area (Å²) in [5.74, 6) is 13.3. The molecule has 4 N–H and O–H groups in total. The monoisotopic (exact) mass is 1640 g/mol. The highest BCUT2D eigenvalue weighted by Crippen LogP contribution is 2.69. The number of aryl methyl sites for hydroxylation is 3. The summed E-state index contributed by atoms with van der Waals surface area (Å²) in [6, 6.07) is 4.07. The van der Waals surface area contributed by atoms with Crippen LogP contribution in [-0.2, 0) is 45.3 Å². The molecule has 20 rings (SSSR count). The number of aromatic nitrogens is 8. The van der Waals surface area contributed by atoms with Gasteiger partial charge in [0.1, 0.15) is 6.54 Å². The molecule has 12 fully saturated rings. The predicted molar refractivity (Wildman–Crippen MR) is 468 cm³/mol. The zero-order valence-electron chi connectivity index (χ0n) is 75.3. The molecule has 120 heavy (non-hydrogen) atoms. The number of hydrogen-bond donors (Lipinski definition) is 4. The van der Waals surface area contributed by atoms with E-state index in [0.717, 1.165) is 193 Å². The van der Waals surface area contributed by atoms with E-state index in [4.69, 9.17) is 4.74 Å². The first-order valence-corrected chi connectivity index (χ1v) is 48.1. The van der Waals surface area contributed by atoms with E-state index in [9.17, 15) is 39.6 Å². The van der Waals surface area contributed by atoms with Gasteiger partial charge in [-0.05, 0) is 401 Å². The molecule has 17 nitrogen and oxygen atoms in total. The Morgan fingerprint density at radius 1 is 0.425 bits per heavy atom. The van der Waals surface area contributed by atoms with Crippen molar-refractivity contribution >= 4 is 23.3 Å². The SMILES string of the molecule is C=C(Cn1ccc(C)n1)[C@H]1CC[C@H]2[C@@H]3CC=C4C[C@](C)(O)CC[C@@H]4[C@H]3CC[C@]12C.CCOC(=O)c1cnn(CC(=O)[C@H]2CC[C@H]3[C@@H]4CC=C5C[C@](C)(O)CC[C@@H]5[C@H]4CC[C@]23C)c1.Cc1ccnn1CC(=O)[C@H]1CC[C@H]2[C@@H]3CC=C4C[C@](C)(O)CC[C@@H]4[C@H]3CC[C@]12C.Cc1cnn(CC(=O)[C@H]2CC[C@H]3[C@@H]4CC=C5C[C@](C)(O)CC[C@@H]5[C@H]4CC[C@]23C)c1. The minimum atomic E-state index is -0.539. The topological polar surface area (TPSA) is 230 Å². The Morgan fingerprint density at radius 2 is 0.792 bits per heavy atom. The maximum atomic E-state index is 13.4. The molecular formula is C103H148N8O9. The number of carbonyl (C=O) groups excluding carboxylic acids is 4. The fourth-order valence-corrected chi connectivity index (χ4v) is 31.7. The van der Waals surface area contributed by atoms with Crippen LogP contribution in [0.2, 0.25) is 0 Å². The second-order valence-electron chi connectivity index (χ2n) is 45.0. The number of fused-ring (bicyclic) bond motifs is 20. The molecule has 0 bridgehead atoms. The number of carbonyl (C=O) groups is 4. The molecule has 16 aliphatic rings. The first kappa shape index (κ1) is 86.0. The van der Waals surface area contributed by atoms with Gasteiger partial charge in [0.05, 0.1) is 72.3 Å². The van der Waals surface area contributed by atoms with Crippen LogP contribution in [0.3, 0.4) is 0 Å². The molecule has 0 unspecified atom stereocenters. The van der Waals surface area contributed by atoms with Gasteiger partial charge in [-0.3, -0.25) is 33.1 Å². The predicted octanol–water partition coefficient (Wildman–Crippen LogP) is 19.7. The highest BCUT2D eigenvalue weighted by molar-refractivity contribution is 5.89. The van der Waals surface area contributed by atoms with Crippen molar-refractivity contribution in [3.05, 3.63) is 131 Å².